The number of hydrogen-bond acceptors (Lipinski definition) is 1. The first-order valence-electron chi connectivity index (χ1n) is 6.74. The van der Waals surface area contributed by atoms with Crippen LogP contribution in [0.3, 0.4) is 0 Å². The van der Waals surface area contributed by atoms with Gasteiger partial charge in [0.05, 0.1) is 12.2 Å². The normalized spacial score (nSPS) is 39.2. The van der Waals surface area contributed by atoms with E-state index >= 15 is 0 Å². The van der Waals surface area contributed by atoms with E-state index in [1.807, 2.05) is 0 Å². The van der Waals surface area contributed by atoms with Crippen molar-refractivity contribution < 1.29 is 4.74 Å². The quantitative estimate of drug-likeness (QED) is 0.554. The van der Waals surface area contributed by atoms with Gasteiger partial charge in [0.15, 0.2) is 0 Å². The second kappa shape index (κ2) is 4.18. The molecule has 0 spiro atoms. The summed E-state index contributed by atoms with van der Waals surface area (Å²) in [5, 5.41) is 0. The van der Waals surface area contributed by atoms with Crippen LogP contribution in [0.1, 0.15) is 59.8 Å². The lowest BCUT2D eigenvalue weighted by Gasteiger charge is -2.51. The minimum atomic E-state index is 0.124. The molecule has 1 heterocycles. The molecule has 0 aromatic heterocycles. The van der Waals surface area contributed by atoms with E-state index in [9.17, 15) is 0 Å². The van der Waals surface area contributed by atoms with Gasteiger partial charge < -0.3 is 4.74 Å². The molecule has 1 saturated carbocycles. The van der Waals surface area contributed by atoms with E-state index in [1.165, 1.54) is 37.7 Å². The van der Waals surface area contributed by atoms with Crippen LogP contribution in [0.5, 0.6) is 0 Å². The standard InChI is InChI=1S/C15H26O/c1-12-6-7-13-14(2,3)9-5-10-15(13,4)16-11-8-12/h8,13H,5-7,9-11H2,1-4H3. The van der Waals surface area contributed by atoms with Crippen molar-refractivity contribution in [1.82, 2.24) is 0 Å². The van der Waals surface area contributed by atoms with E-state index in [4.69, 9.17) is 4.74 Å². The van der Waals surface area contributed by atoms with E-state index in [1.54, 1.807) is 0 Å². The molecule has 92 valence electrons. The Kier molecular flexibility index (Phi) is 3.18. The van der Waals surface area contributed by atoms with Crippen LogP contribution in [0, 0.1) is 11.3 Å². The van der Waals surface area contributed by atoms with Gasteiger partial charge in [0, 0.05) is 0 Å². The van der Waals surface area contributed by atoms with Gasteiger partial charge in [-0.1, -0.05) is 31.9 Å². The predicted molar refractivity (Wildman–Crippen MR) is 68.5 cm³/mol. The van der Waals surface area contributed by atoms with E-state index in [0.29, 0.717) is 5.41 Å². The molecule has 16 heavy (non-hydrogen) atoms. The Balaban J connectivity index is 2.24. The Labute approximate surface area is 100 Å². The summed E-state index contributed by atoms with van der Waals surface area (Å²) in [6.07, 6.45) is 8.75. The second-order valence-corrected chi connectivity index (χ2v) is 6.61. The lowest BCUT2D eigenvalue weighted by molar-refractivity contribution is -0.131. The smallest absolute Gasteiger partial charge is 0.0692 e. The molecule has 2 aliphatic rings. The fourth-order valence-corrected chi connectivity index (χ4v) is 3.79. The summed E-state index contributed by atoms with van der Waals surface area (Å²) < 4.78 is 6.20. The largest absolute Gasteiger partial charge is 0.371 e. The average Bonchev–Trinajstić information content (AvgIpc) is 2.13. The summed E-state index contributed by atoms with van der Waals surface area (Å²) >= 11 is 0. The van der Waals surface area contributed by atoms with Crippen molar-refractivity contribution in [1.29, 1.82) is 0 Å². The van der Waals surface area contributed by atoms with Gasteiger partial charge in [0.1, 0.15) is 0 Å². The molecule has 0 aromatic rings. The molecule has 2 rings (SSSR count). The van der Waals surface area contributed by atoms with Crippen LogP contribution in [0.25, 0.3) is 0 Å². The molecule has 1 fully saturated rings. The van der Waals surface area contributed by atoms with Gasteiger partial charge in [-0.3, -0.25) is 0 Å². The Morgan fingerprint density at radius 3 is 2.75 bits per heavy atom. The van der Waals surface area contributed by atoms with Crippen molar-refractivity contribution in [3.63, 3.8) is 0 Å². The number of fused-ring (bicyclic) bond motifs is 1. The van der Waals surface area contributed by atoms with Crippen molar-refractivity contribution in [2.75, 3.05) is 6.61 Å². The Hall–Kier alpha value is -0.300. The van der Waals surface area contributed by atoms with Gasteiger partial charge in [-0.15, -0.1) is 0 Å². The summed E-state index contributed by atoms with van der Waals surface area (Å²) in [5.74, 6) is 0.720. The maximum atomic E-state index is 6.20. The highest BCUT2D eigenvalue weighted by molar-refractivity contribution is 5.05. The van der Waals surface area contributed by atoms with Crippen LogP contribution in [0.15, 0.2) is 11.6 Å². The number of rotatable bonds is 0. The maximum absolute atomic E-state index is 6.20. The van der Waals surface area contributed by atoms with Gasteiger partial charge in [-0.25, -0.2) is 0 Å². The van der Waals surface area contributed by atoms with Crippen molar-refractivity contribution in [3.05, 3.63) is 11.6 Å². The van der Waals surface area contributed by atoms with Crippen LogP contribution in [-0.4, -0.2) is 12.2 Å². The summed E-state index contributed by atoms with van der Waals surface area (Å²) in [4.78, 5) is 0. The summed E-state index contributed by atoms with van der Waals surface area (Å²) in [6, 6.07) is 0. The minimum Gasteiger partial charge on any atom is -0.371 e. The molecule has 1 aliphatic heterocycles. The van der Waals surface area contributed by atoms with Gasteiger partial charge >= 0.3 is 0 Å². The Morgan fingerprint density at radius 2 is 2.00 bits per heavy atom. The molecule has 0 radical (unpaired) electrons. The molecule has 1 aliphatic carbocycles. The predicted octanol–water partition coefficient (Wildman–Crippen LogP) is 4.33. The van der Waals surface area contributed by atoms with Gasteiger partial charge in [0.25, 0.3) is 0 Å². The fraction of sp³-hybridized carbons (Fsp3) is 0.867. The third kappa shape index (κ3) is 2.20. The van der Waals surface area contributed by atoms with Gasteiger partial charge in [-0.05, 0) is 50.9 Å². The molecule has 2 unspecified atom stereocenters. The van der Waals surface area contributed by atoms with Gasteiger partial charge in [0.2, 0.25) is 0 Å². The fourth-order valence-electron chi connectivity index (χ4n) is 3.79. The second-order valence-electron chi connectivity index (χ2n) is 6.61. The third-order valence-electron chi connectivity index (χ3n) is 4.85. The number of allylic oxidation sites excluding steroid dienone is 1. The molecular weight excluding hydrogens is 196 g/mol. The summed E-state index contributed by atoms with van der Waals surface area (Å²) in [7, 11) is 0. The monoisotopic (exact) mass is 222 g/mol. The zero-order valence-electron chi connectivity index (χ0n) is 11.3. The molecule has 1 nitrogen and oxygen atoms in total. The van der Waals surface area contributed by atoms with Crippen LogP contribution in [0.4, 0.5) is 0 Å². The zero-order valence-corrected chi connectivity index (χ0v) is 11.3. The number of hydrogen-bond donors (Lipinski definition) is 0. The van der Waals surface area contributed by atoms with Crippen LogP contribution < -0.4 is 0 Å². The summed E-state index contributed by atoms with van der Waals surface area (Å²) in [6.45, 7) is 10.3. The van der Waals surface area contributed by atoms with Crippen LogP contribution in [-0.2, 0) is 4.74 Å². The van der Waals surface area contributed by atoms with Crippen molar-refractivity contribution in [2.24, 2.45) is 11.3 Å². The van der Waals surface area contributed by atoms with E-state index < -0.39 is 0 Å². The number of ether oxygens (including phenoxy) is 1. The van der Waals surface area contributed by atoms with E-state index in [2.05, 4.69) is 33.8 Å². The maximum Gasteiger partial charge on any atom is 0.0692 e. The van der Waals surface area contributed by atoms with Crippen LogP contribution >= 0.6 is 0 Å². The first-order chi connectivity index (χ1) is 7.44. The molecule has 0 saturated heterocycles. The molecule has 0 N–H and O–H groups in total. The lowest BCUT2D eigenvalue weighted by atomic mass is 9.60. The van der Waals surface area contributed by atoms with E-state index in [0.717, 1.165) is 12.5 Å². The molecule has 1 heteroatoms. The minimum absolute atomic E-state index is 0.124. The first-order valence-corrected chi connectivity index (χ1v) is 6.74. The van der Waals surface area contributed by atoms with Crippen molar-refractivity contribution >= 4 is 0 Å². The van der Waals surface area contributed by atoms with Crippen molar-refractivity contribution in [2.45, 2.75) is 65.4 Å². The zero-order chi connectivity index (χ0) is 11.8. The Bertz CT molecular complexity index is 290. The highest BCUT2D eigenvalue weighted by Gasteiger charge is 2.47. The molecule has 0 amide bonds. The average molecular weight is 222 g/mol. The highest BCUT2D eigenvalue weighted by Crippen LogP contribution is 2.50. The third-order valence-corrected chi connectivity index (χ3v) is 4.85. The molecule has 2 atom stereocenters. The summed E-state index contributed by atoms with van der Waals surface area (Å²) in [5.41, 5.74) is 2.08. The highest BCUT2D eigenvalue weighted by atomic mass is 16.5. The Morgan fingerprint density at radius 1 is 1.25 bits per heavy atom. The molecule has 0 aromatic carbocycles. The molecule has 0 bridgehead atoms. The first kappa shape index (κ1) is 12.2. The van der Waals surface area contributed by atoms with Crippen molar-refractivity contribution in [3.8, 4) is 0 Å². The SMILES string of the molecule is CC1=CCOC2(C)CCCC(C)(C)C2CC1. The van der Waals surface area contributed by atoms with Gasteiger partial charge in [-0.2, -0.15) is 0 Å². The topological polar surface area (TPSA) is 9.23 Å². The van der Waals surface area contributed by atoms with E-state index in [-0.39, 0.29) is 5.60 Å². The lowest BCUT2D eigenvalue weighted by Crippen LogP contribution is -2.49. The molecular formula is C15H26O. The van der Waals surface area contributed by atoms with Crippen LogP contribution in [0.2, 0.25) is 0 Å².